The minimum Gasteiger partial charge on any atom is -0.493 e. The average molecular weight is 537 g/mol. The number of hydrogen-bond acceptors (Lipinski definition) is 8. The quantitative estimate of drug-likeness (QED) is 0.481. The van der Waals surface area contributed by atoms with Gasteiger partial charge in [-0.15, -0.1) is 0 Å². The number of para-hydroxylation sites is 1. The van der Waals surface area contributed by atoms with Crippen LogP contribution < -0.4 is 29.0 Å². The summed E-state index contributed by atoms with van der Waals surface area (Å²) in [4.78, 5) is 19.6. The number of amides is 1. The highest BCUT2D eigenvalue weighted by molar-refractivity contribution is 6.33. The van der Waals surface area contributed by atoms with Crippen LogP contribution in [0.15, 0.2) is 53.7 Å². The topological polar surface area (TPSA) is 96.8 Å². The molecule has 0 aromatic heterocycles. The Morgan fingerprint density at radius 3 is 2.42 bits per heavy atom. The number of ether oxygens (including phenoxy) is 5. The van der Waals surface area contributed by atoms with Crippen LogP contribution in [0.25, 0.3) is 0 Å². The summed E-state index contributed by atoms with van der Waals surface area (Å²) in [6, 6.07) is 14.9. The molecular formula is C28H25ClN2O7. The molecule has 1 amide bonds. The Morgan fingerprint density at radius 2 is 1.71 bits per heavy atom. The smallest absolute Gasteiger partial charge is 0.231 e. The van der Waals surface area contributed by atoms with Gasteiger partial charge in [0.1, 0.15) is 6.61 Å². The van der Waals surface area contributed by atoms with E-state index in [9.17, 15) is 4.79 Å². The number of nitrogens with one attached hydrogen (secondary N) is 1. The Bertz CT molecular complexity index is 1440. The summed E-state index contributed by atoms with van der Waals surface area (Å²) in [7, 11) is 4.56. The van der Waals surface area contributed by atoms with Crippen LogP contribution in [-0.2, 0) is 9.63 Å². The molecular weight excluding hydrogens is 512 g/mol. The van der Waals surface area contributed by atoms with Crippen molar-refractivity contribution in [2.75, 3.05) is 40.0 Å². The molecule has 3 aliphatic rings. The van der Waals surface area contributed by atoms with Gasteiger partial charge in [0, 0.05) is 17.2 Å². The number of hydrogen-bond donors (Lipinski definition) is 1. The summed E-state index contributed by atoms with van der Waals surface area (Å²) in [6.07, 6.45) is 0. The monoisotopic (exact) mass is 536 g/mol. The van der Waals surface area contributed by atoms with Crippen LogP contribution >= 0.6 is 11.6 Å². The van der Waals surface area contributed by atoms with E-state index in [0.717, 1.165) is 11.1 Å². The Morgan fingerprint density at radius 1 is 0.974 bits per heavy atom. The lowest BCUT2D eigenvalue weighted by Gasteiger charge is -2.37. The Hall–Kier alpha value is -4.11. The number of fused-ring (bicyclic) bond motifs is 4. The highest BCUT2D eigenvalue weighted by Gasteiger charge is 2.50. The molecule has 3 atom stereocenters. The molecule has 1 aliphatic carbocycles. The van der Waals surface area contributed by atoms with Crippen molar-refractivity contribution in [2.45, 2.75) is 5.92 Å². The zero-order chi connectivity index (χ0) is 26.4. The fraction of sp³-hybridized carbons (Fsp3) is 0.286. The molecule has 2 aliphatic heterocycles. The Labute approximate surface area is 224 Å². The summed E-state index contributed by atoms with van der Waals surface area (Å²) in [5.41, 5.74) is 3.63. The van der Waals surface area contributed by atoms with Crippen molar-refractivity contribution in [3.05, 3.63) is 70.2 Å². The largest absolute Gasteiger partial charge is 0.493 e. The molecule has 2 heterocycles. The van der Waals surface area contributed by atoms with Crippen molar-refractivity contribution in [3.8, 4) is 28.7 Å². The van der Waals surface area contributed by atoms with Crippen LogP contribution in [0.4, 0.5) is 5.69 Å². The minimum atomic E-state index is -0.635. The molecule has 3 aromatic carbocycles. The van der Waals surface area contributed by atoms with Gasteiger partial charge in [0.25, 0.3) is 0 Å². The fourth-order valence-electron chi connectivity index (χ4n) is 5.53. The van der Waals surface area contributed by atoms with Crippen LogP contribution in [0.1, 0.15) is 22.6 Å². The molecule has 0 fully saturated rings. The average Bonchev–Trinajstić information content (AvgIpc) is 3.61. The maximum absolute atomic E-state index is 14.1. The first kappa shape index (κ1) is 24.2. The molecule has 0 saturated carbocycles. The lowest BCUT2D eigenvalue weighted by Crippen LogP contribution is -2.42. The standard InChI is InChI=1S/C28H25ClN2O7/c1-33-21-11-17(24(29)27(35-3)26(21)34-2)22-15-9-19-20(37-13-36-19)10-16(15)25-18(12-38-31-25)23(22)28(32)30-14-7-5-4-6-8-14/h4-11,18,22-23H,12-13H2,1-3H3,(H,30,32)/t18-,22-,23-/m0/s1. The molecule has 1 N–H and O–H groups in total. The number of benzene rings is 3. The van der Waals surface area contributed by atoms with Gasteiger partial charge in [-0.3, -0.25) is 4.79 Å². The second kappa shape index (κ2) is 9.64. The van der Waals surface area contributed by atoms with Crippen molar-refractivity contribution in [2.24, 2.45) is 17.0 Å². The third-order valence-electron chi connectivity index (χ3n) is 7.19. The number of nitrogens with zero attached hydrogens (tertiary/aromatic N) is 1. The third-order valence-corrected chi connectivity index (χ3v) is 7.58. The molecule has 196 valence electrons. The van der Waals surface area contributed by atoms with E-state index in [1.807, 2.05) is 42.5 Å². The van der Waals surface area contributed by atoms with Crippen molar-refractivity contribution < 1.29 is 33.3 Å². The minimum absolute atomic E-state index is 0.109. The van der Waals surface area contributed by atoms with Gasteiger partial charge >= 0.3 is 0 Å². The number of rotatable bonds is 6. The highest BCUT2D eigenvalue weighted by Crippen LogP contribution is 2.54. The van der Waals surface area contributed by atoms with Gasteiger partial charge in [-0.2, -0.15) is 0 Å². The fourth-order valence-corrected chi connectivity index (χ4v) is 5.86. The summed E-state index contributed by atoms with van der Waals surface area (Å²) < 4.78 is 28.2. The SMILES string of the molecule is COc1cc([C@@H]2c3cc4c(cc3C3=NOC[C@H]3[C@@H]2C(=O)Nc2ccccc2)OCO4)c(Cl)c(OC)c1OC. The van der Waals surface area contributed by atoms with Crippen molar-refractivity contribution in [3.63, 3.8) is 0 Å². The summed E-state index contributed by atoms with van der Waals surface area (Å²) >= 11 is 7.00. The molecule has 9 nitrogen and oxygen atoms in total. The molecule has 0 unspecified atom stereocenters. The number of carbonyl (C=O) groups is 1. The number of halogens is 1. The Kier molecular flexibility index (Phi) is 6.15. The maximum Gasteiger partial charge on any atom is 0.231 e. The van der Waals surface area contributed by atoms with Gasteiger partial charge in [0.05, 0.1) is 43.9 Å². The highest BCUT2D eigenvalue weighted by atomic mass is 35.5. The van der Waals surface area contributed by atoms with E-state index in [2.05, 4.69) is 10.5 Å². The lowest BCUT2D eigenvalue weighted by molar-refractivity contribution is -0.121. The van der Waals surface area contributed by atoms with Gasteiger partial charge < -0.3 is 33.8 Å². The molecule has 3 aromatic rings. The first-order valence-electron chi connectivity index (χ1n) is 12.0. The Balaban J connectivity index is 1.59. The predicted octanol–water partition coefficient (Wildman–Crippen LogP) is 4.85. The molecule has 0 radical (unpaired) electrons. The van der Waals surface area contributed by atoms with E-state index >= 15 is 0 Å². The van der Waals surface area contributed by atoms with Crippen molar-refractivity contribution in [1.82, 2.24) is 0 Å². The molecule has 0 spiro atoms. The summed E-state index contributed by atoms with van der Waals surface area (Å²) in [5, 5.41) is 7.73. The number of anilines is 1. The van der Waals surface area contributed by atoms with Gasteiger partial charge in [-0.25, -0.2) is 0 Å². The number of carbonyl (C=O) groups excluding carboxylic acids is 1. The van der Waals surface area contributed by atoms with Gasteiger partial charge in [-0.1, -0.05) is 35.0 Å². The van der Waals surface area contributed by atoms with Gasteiger partial charge in [0.15, 0.2) is 23.0 Å². The van der Waals surface area contributed by atoms with Gasteiger partial charge in [-0.05, 0) is 41.5 Å². The zero-order valence-corrected chi connectivity index (χ0v) is 21.7. The second-order valence-electron chi connectivity index (χ2n) is 9.08. The van der Waals surface area contributed by atoms with Crippen LogP contribution in [0.3, 0.4) is 0 Å². The van der Waals surface area contributed by atoms with E-state index in [4.69, 9.17) is 40.1 Å². The van der Waals surface area contributed by atoms with E-state index in [-0.39, 0.29) is 25.2 Å². The van der Waals surface area contributed by atoms with Crippen LogP contribution in [0, 0.1) is 11.8 Å². The second-order valence-corrected chi connectivity index (χ2v) is 9.46. The van der Waals surface area contributed by atoms with Crippen LogP contribution in [-0.4, -0.2) is 46.3 Å². The van der Waals surface area contributed by atoms with E-state index in [1.54, 1.807) is 6.07 Å². The third kappa shape index (κ3) is 3.77. The van der Waals surface area contributed by atoms with Crippen molar-refractivity contribution >= 4 is 28.9 Å². The molecule has 10 heteroatoms. The van der Waals surface area contributed by atoms with E-state index in [1.165, 1.54) is 21.3 Å². The maximum atomic E-state index is 14.1. The zero-order valence-electron chi connectivity index (χ0n) is 20.9. The van der Waals surface area contributed by atoms with Gasteiger partial charge in [0.2, 0.25) is 18.4 Å². The molecule has 38 heavy (non-hydrogen) atoms. The summed E-state index contributed by atoms with van der Waals surface area (Å²) in [6.45, 7) is 0.354. The molecule has 0 bridgehead atoms. The first-order chi connectivity index (χ1) is 18.5. The van der Waals surface area contributed by atoms with Crippen molar-refractivity contribution in [1.29, 1.82) is 0 Å². The van der Waals surface area contributed by atoms with E-state index in [0.29, 0.717) is 50.7 Å². The van der Waals surface area contributed by atoms with Crippen LogP contribution in [0.5, 0.6) is 28.7 Å². The molecule has 6 rings (SSSR count). The molecule has 0 saturated heterocycles. The van der Waals surface area contributed by atoms with E-state index < -0.39 is 11.8 Å². The summed E-state index contributed by atoms with van der Waals surface area (Å²) in [5.74, 6) is 0.591. The number of oxime groups is 1. The predicted molar refractivity (Wildman–Crippen MR) is 140 cm³/mol. The van der Waals surface area contributed by atoms with Crippen LogP contribution in [0.2, 0.25) is 5.02 Å². The first-order valence-corrected chi connectivity index (χ1v) is 12.4. The number of methoxy groups -OCH3 is 3. The lowest BCUT2D eigenvalue weighted by atomic mass is 9.65. The normalized spacial score (nSPS) is 20.5.